The molecule has 1 aliphatic carbocycles. The summed E-state index contributed by atoms with van der Waals surface area (Å²) >= 11 is 0. The summed E-state index contributed by atoms with van der Waals surface area (Å²) in [6.45, 7) is 7.01. The first-order valence-electron chi connectivity index (χ1n) is 9.58. The van der Waals surface area contributed by atoms with Gasteiger partial charge in [-0.25, -0.2) is 4.39 Å². The van der Waals surface area contributed by atoms with E-state index in [1.165, 1.54) is 32.0 Å². The van der Waals surface area contributed by atoms with Crippen LogP contribution in [0.15, 0.2) is 29.3 Å². The minimum atomic E-state index is -0.153. The van der Waals surface area contributed by atoms with Crippen molar-refractivity contribution in [2.45, 2.75) is 38.0 Å². The van der Waals surface area contributed by atoms with E-state index in [1.807, 2.05) is 6.07 Å². The molecule has 1 heterocycles. The molecule has 1 aromatic carbocycles. The van der Waals surface area contributed by atoms with E-state index in [0.29, 0.717) is 0 Å². The Balaban J connectivity index is 0.00000243. The molecule has 1 saturated carbocycles. The van der Waals surface area contributed by atoms with Gasteiger partial charge in [0, 0.05) is 18.5 Å². The standard InChI is InChI=1S/C20H31FN4.HI/c1-3-22-19(23-14-16-7-11-25(2)12-8-16)24-15-20(9-10-20)17-5-4-6-18(21)13-17;/h4-6,13,16H,3,7-12,14-15H2,1-2H3,(H2,22,23,24);1H. The predicted molar refractivity (Wildman–Crippen MR) is 117 cm³/mol. The Hall–Kier alpha value is -0.890. The Morgan fingerprint density at radius 2 is 2.00 bits per heavy atom. The molecule has 4 nitrogen and oxygen atoms in total. The van der Waals surface area contributed by atoms with Crippen LogP contribution in [0.25, 0.3) is 0 Å². The van der Waals surface area contributed by atoms with Crippen LogP contribution in [0.1, 0.15) is 38.2 Å². The molecule has 2 N–H and O–H groups in total. The van der Waals surface area contributed by atoms with Crippen molar-refractivity contribution in [1.82, 2.24) is 15.5 Å². The van der Waals surface area contributed by atoms with Crippen molar-refractivity contribution in [3.05, 3.63) is 35.6 Å². The molecule has 0 aromatic heterocycles. The number of piperidine rings is 1. The summed E-state index contributed by atoms with van der Waals surface area (Å²) in [6.07, 6.45) is 4.68. The summed E-state index contributed by atoms with van der Waals surface area (Å²) in [6, 6.07) is 7.01. The first-order valence-corrected chi connectivity index (χ1v) is 9.58. The summed E-state index contributed by atoms with van der Waals surface area (Å²) in [5, 5.41) is 6.86. The van der Waals surface area contributed by atoms with Crippen molar-refractivity contribution in [1.29, 1.82) is 0 Å². The number of halogens is 2. The van der Waals surface area contributed by atoms with Crippen molar-refractivity contribution in [2.75, 3.05) is 39.8 Å². The van der Waals surface area contributed by atoms with Gasteiger partial charge in [0.15, 0.2) is 5.96 Å². The molecule has 1 aromatic rings. The van der Waals surface area contributed by atoms with Gasteiger partial charge in [-0.15, -0.1) is 24.0 Å². The Morgan fingerprint density at radius 3 is 2.62 bits per heavy atom. The van der Waals surface area contributed by atoms with Crippen molar-refractivity contribution in [3.63, 3.8) is 0 Å². The second-order valence-electron chi connectivity index (χ2n) is 7.61. The highest BCUT2D eigenvalue weighted by atomic mass is 127. The molecular weight excluding hydrogens is 442 g/mol. The van der Waals surface area contributed by atoms with Gasteiger partial charge in [0.05, 0.1) is 6.54 Å². The molecule has 0 spiro atoms. The summed E-state index contributed by atoms with van der Waals surface area (Å²) in [5.74, 6) is 1.46. The number of aliphatic imine (C=N–C) groups is 1. The molecule has 146 valence electrons. The fraction of sp³-hybridized carbons (Fsp3) is 0.650. The van der Waals surface area contributed by atoms with Crippen molar-refractivity contribution in [3.8, 4) is 0 Å². The van der Waals surface area contributed by atoms with Crippen molar-refractivity contribution in [2.24, 2.45) is 10.9 Å². The quantitative estimate of drug-likeness (QED) is 0.378. The normalized spacial score (nSPS) is 20.3. The molecule has 0 unspecified atom stereocenters. The molecule has 6 heteroatoms. The maximum absolute atomic E-state index is 13.5. The Bertz CT molecular complexity index is 595. The van der Waals surface area contributed by atoms with Crippen LogP contribution in [0.5, 0.6) is 0 Å². The van der Waals surface area contributed by atoms with Crippen LogP contribution in [-0.2, 0) is 5.41 Å². The molecule has 0 radical (unpaired) electrons. The van der Waals surface area contributed by atoms with Gasteiger partial charge in [-0.05, 0) is 76.4 Å². The van der Waals surface area contributed by atoms with E-state index in [2.05, 4.69) is 29.5 Å². The topological polar surface area (TPSA) is 39.7 Å². The average molecular weight is 474 g/mol. The SMILES string of the molecule is CCNC(=NCC1(c2cccc(F)c2)CC1)NCC1CCN(C)CC1.I. The lowest BCUT2D eigenvalue weighted by atomic mass is 9.96. The molecule has 0 atom stereocenters. The van der Waals surface area contributed by atoms with Crippen LogP contribution < -0.4 is 10.6 Å². The Morgan fingerprint density at radius 1 is 1.27 bits per heavy atom. The van der Waals surface area contributed by atoms with E-state index in [0.717, 1.165) is 49.9 Å². The average Bonchev–Trinajstić information content (AvgIpc) is 3.40. The van der Waals surface area contributed by atoms with Gasteiger partial charge in [-0.2, -0.15) is 0 Å². The second-order valence-corrected chi connectivity index (χ2v) is 7.61. The van der Waals surface area contributed by atoms with Gasteiger partial charge in [-0.1, -0.05) is 12.1 Å². The van der Waals surface area contributed by atoms with E-state index < -0.39 is 0 Å². The maximum atomic E-state index is 13.5. The van der Waals surface area contributed by atoms with Crippen LogP contribution >= 0.6 is 24.0 Å². The van der Waals surface area contributed by atoms with E-state index in [4.69, 9.17) is 4.99 Å². The third kappa shape index (κ3) is 5.81. The summed E-state index contributed by atoms with van der Waals surface area (Å²) in [4.78, 5) is 7.21. The summed E-state index contributed by atoms with van der Waals surface area (Å²) in [5.41, 5.74) is 1.13. The van der Waals surface area contributed by atoms with Gasteiger partial charge in [-0.3, -0.25) is 4.99 Å². The number of hydrogen-bond acceptors (Lipinski definition) is 2. The third-order valence-corrected chi connectivity index (χ3v) is 5.57. The molecule has 3 rings (SSSR count). The van der Waals surface area contributed by atoms with E-state index >= 15 is 0 Å². The summed E-state index contributed by atoms with van der Waals surface area (Å²) < 4.78 is 13.5. The van der Waals surface area contributed by atoms with Crippen LogP contribution in [0.3, 0.4) is 0 Å². The monoisotopic (exact) mass is 474 g/mol. The number of rotatable bonds is 6. The zero-order chi connectivity index (χ0) is 17.7. The number of guanidine groups is 1. The molecule has 0 bridgehead atoms. The predicted octanol–water partition coefficient (Wildman–Crippen LogP) is 3.37. The number of hydrogen-bond donors (Lipinski definition) is 2. The van der Waals surface area contributed by atoms with Crippen LogP contribution in [0.2, 0.25) is 0 Å². The van der Waals surface area contributed by atoms with Gasteiger partial charge < -0.3 is 15.5 Å². The third-order valence-electron chi connectivity index (χ3n) is 5.57. The molecule has 2 aliphatic rings. The van der Waals surface area contributed by atoms with Gasteiger partial charge >= 0.3 is 0 Å². The molecule has 1 aliphatic heterocycles. The highest BCUT2D eigenvalue weighted by Gasteiger charge is 2.44. The highest BCUT2D eigenvalue weighted by Crippen LogP contribution is 2.48. The zero-order valence-electron chi connectivity index (χ0n) is 15.9. The Kier molecular flexibility index (Phi) is 8.13. The first-order chi connectivity index (χ1) is 12.1. The smallest absolute Gasteiger partial charge is 0.191 e. The number of nitrogens with one attached hydrogen (secondary N) is 2. The Labute approximate surface area is 174 Å². The summed E-state index contributed by atoms with van der Waals surface area (Å²) in [7, 11) is 2.19. The maximum Gasteiger partial charge on any atom is 0.191 e. The number of nitrogens with zero attached hydrogens (tertiary/aromatic N) is 2. The largest absolute Gasteiger partial charge is 0.357 e. The molecule has 2 fully saturated rings. The van der Waals surface area contributed by atoms with Crippen molar-refractivity contribution < 1.29 is 4.39 Å². The molecule has 0 amide bonds. The molecule has 1 saturated heterocycles. The number of likely N-dealkylation sites (tertiary alicyclic amines) is 1. The minimum Gasteiger partial charge on any atom is -0.357 e. The zero-order valence-corrected chi connectivity index (χ0v) is 18.3. The first kappa shape index (κ1) is 21.4. The second kappa shape index (κ2) is 9.88. The van der Waals surface area contributed by atoms with E-state index in [-0.39, 0.29) is 35.2 Å². The van der Waals surface area contributed by atoms with E-state index in [1.54, 1.807) is 12.1 Å². The lowest BCUT2D eigenvalue weighted by Crippen LogP contribution is -2.42. The molecule has 26 heavy (non-hydrogen) atoms. The fourth-order valence-corrected chi connectivity index (χ4v) is 3.59. The highest BCUT2D eigenvalue weighted by molar-refractivity contribution is 14.0. The van der Waals surface area contributed by atoms with Crippen LogP contribution in [0.4, 0.5) is 4.39 Å². The molecular formula is C20H32FIN4. The van der Waals surface area contributed by atoms with Crippen LogP contribution in [-0.4, -0.2) is 50.6 Å². The minimum absolute atomic E-state index is 0. The van der Waals surface area contributed by atoms with E-state index in [9.17, 15) is 4.39 Å². The lowest BCUT2D eigenvalue weighted by molar-refractivity contribution is 0.220. The fourth-order valence-electron chi connectivity index (χ4n) is 3.59. The van der Waals surface area contributed by atoms with Crippen LogP contribution in [0, 0.1) is 11.7 Å². The number of benzene rings is 1. The van der Waals surface area contributed by atoms with Gasteiger partial charge in [0.1, 0.15) is 5.82 Å². The van der Waals surface area contributed by atoms with Crippen molar-refractivity contribution >= 4 is 29.9 Å². The lowest BCUT2D eigenvalue weighted by Gasteiger charge is -2.29. The van der Waals surface area contributed by atoms with Gasteiger partial charge in [0.25, 0.3) is 0 Å². The van der Waals surface area contributed by atoms with Gasteiger partial charge in [0.2, 0.25) is 0 Å².